The van der Waals surface area contributed by atoms with Gasteiger partial charge in [0.2, 0.25) is 5.91 Å². The van der Waals surface area contributed by atoms with Crippen LogP contribution in [-0.2, 0) is 9.53 Å². The lowest BCUT2D eigenvalue weighted by atomic mass is 9.96. The molecule has 5 heteroatoms. The van der Waals surface area contributed by atoms with Crippen LogP contribution in [-0.4, -0.2) is 61.4 Å². The van der Waals surface area contributed by atoms with E-state index in [1.165, 1.54) is 0 Å². The predicted octanol–water partition coefficient (Wildman–Crippen LogP) is -0.794. The molecule has 92 valence electrons. The van der Waals surface area contributed by atoms with Gasteiger partial charge in [0.05, 0.1) is 19.3 Å². The number of piperidine rings is 1. The fourth-order valence-electron chi connectivity index (χ4n) is 2.40. The number of nitrogens with zero attached hydrogens (tertiary/aromatic N) is 1. The van der Waals surface area contributed by atoms with Crippen LogP contribution in [0.1, 0.15) is 12.8 Å². The highest BCUT2D eigenvalue weighted by atomic mass is 16.5. The van der Waals surface area contributed by atoms with Crippen LogP contribution in [0.4, 0.5) is 0 Å². The van der Waals surface area contributed by atoms with E-state index in [9.17, 15) is 9.90 Å². The summed E-state index contributed by atoms with van der Waals surface area (Å²) in [4.78, 5) is 13.5. The average Bonchev–Trinajstić information content (AvgIpc) is 2.33. The van der Waals surface area contributed by atoms with Crippen molar-refractivity contribution >= 4 is 5.91 Å². The van der Waals surface area contributed by atoms with Gasteiger partial charge in [-0.3, -0.25) is 4.79 Å². The summed E-state index contributed by atoms with van der Waals surface area (Å²) >= 11 is 0. The Labute approximate surface area is 95.8 Å². The van der Waals surface area contributed by atoms with Crippen molar-refractivity contribution in [3.8, 4) is 0 Å². The third kappa shape index (κ3) is 2.72. The minimum absolute atomic E-state index is 0.00326. The zero-order valence-corrected chi connectivity index (χ0v) is 9.52. The molecule has 0 aromatic rings. The van der Waals surface area contributed by atoms with Crippen LogP contribution in [0, 0.1) is 5.92 Å². The Kier molecular flexibility index (Phi) is 4.15. The van der Waals surface area contributed by atoms with E-state index in [-0.39, 0.29) is 25.2 Å². The molecule has 0 saturated carbocycles. The van der Waals surface area contributed by atoms with Crippen LogP contribution in [0.15, 0.2) is 0 Å². The van der Waals surface area contributed by atoms with Gasteiger partial charge in [0.15, 0.2) is 0 Å². The smallest absolute Gasteiger partial charge is 0.248 e. The van der Waals surface area contributed by atoms with Gasteiger partial charge >= 0.3 is 0 Å². The van der Waals surface area contributed by atoms with Crippen LogP contribution in [0.2, 0.25) is 0 Å². The molecule has 1 amide bonds. The summed E-state index contributed by atoms with van der Waals surface area (Å²) in [5, 5.41) is 12.5. The fourth-order valence-corrected chi connectivity index (χ4v) is 2.40. The number of hydrogen-bond acceptors (Lipinski definition) is 4. The molecule has 2 N–H and O–H groups in total. The first kappa shape index (κ1) is 11.8. The van der Waals surface area contributed by atoms with Crippen molar-refractivity contribution in [1.82, 2.24) is 10.2 Å². The van der Waals surface area contributed by atoms with E-state index in [0.717, 1.165) is 32.5 Å². The van der Waals surface area contributed by atoms with Gasteiger partial charge < -0.3 is 20.1 Å². The number of rotatable bonds is 3. The van der Waals surface area contributed by atoms with E-state index < -0.39 is 0 Å². The lowest BCUT2D eigenvalue weighted by Crippen LogP contribution is -2.53. The van der Waals surface area contributed by atoms with Crippen LogP contribution in [0.5, 0.6) is 0 Å². The Morgan fingerprint density at radius 2 is 2.19 bits per heavy atom. The SMILES string of the molecule is O=C1COCC(CO)N1CC1CCNCC1. The van der Waals surface area contributed by atoms with Crippen molar-refractivity contribution < 1.29 is 14.6 Å². The van der Waals surface area contributed by atoms with Crippen molar-refractivity contribution in [3.05, 3.63) is 0 Å². The molecule has 2 fully saturated rings. The van der Waals surface area contributed by atoms with Crippen LogP contribution in [0.25, 0.3) is 0 Å². The molecule has 5 nitrogen and oxygen atoms in total. The lowest BCUT2D eigenvalue weighted by Gasteiger charge is -2.37. The quantitative estimate of drug-likeness (QED) is 0.664. The number of aliphatic hydroxyl groups is 1. The molecule has 1 atom stereocenters. The highest BCUT2D eigenvalue weighted by Crippen LogP contribution is 2.17. The van der Waals surface area contributed by atoms with Crippen molar-refractivity contribution in [1.29, 1.82) is 0 Å². The number of aliphatic hydroxyl groups excluding tert-OH is 1. The van der Waals surface area contributed by atoms with Crippen LogP contribution < -0.4 is 5.32 Å². The first-order valence-corrected chi connectivity index (χ1v) is 6.00. The maximum atomic E-state index is 11.7. The average molecular weight is 228 g/mol. The third-order valence-electron chi connectivity index (χ3n) is 3.42. The van der Waals surface area contributed by atoms with Gasteiger partial charge in [-0.25, -0.2) is 0 Å². The van der Waals surface area contributed by atoms with Gasteiger partial charge in [-0.15, -0.1) is 0 Å². The van der Waals surface area contributed by atoms with Gasteiger partial charge in [0.1, 0.15) is 6.61 Å². The Morgan fingerprint density at radius 3 is 2.88 bits per heavy atom. The summed E-state index contributed by atoms with van der Waals surface area (Å²) in [5.74, 6) is 0.584. The number of nitrogens with one attached hydrogen (secondary N) is 1. The Balaban J connectivity index is 1.91. The van der Waals surface area contributed by atoms with Gasteiger partial charge in [-0.1, -0.05) is 0 Å². The molecule has 2 aliphatic rings. The van der Waals surface area contributed by atoms with Gasteiger partial charge in [-0.05, 0) is 31.8 Å². The molecule has 2 aliphatic heterocycles. The summed E-state index contributed by atoms with van der Waals surface area (Å²) in [7, 11) is 0. The van der Waals surface area contributed by atoms with Crippen molar-refractivity contribution in [2.75, 3.05) is 39.5 Å². The zero-order valence-electron chi connectivity index (χ0n) is 9.52. The second-order valence-electron chi connectivity index (χ2n) is 4.59. The minimum Gasteiger partial charge on any atom is -0.394 e. The number of amides is 1. The Bertz CT molecular complexity index is 241. The maximum Gasteiger partial charge on any atom is 0.248 e. The topological polar surface area (TPSA) is 61.8 Å². The Morgan fingerprint density at radius 1 is 1.44 bits per heavy atom. The van der Waals surface area contributed by atoms with E-state index in [1.54, 1.807) is 4.90 Å². The number of carbonyl (C=O) groups is 1. The second-order valence-corrected chi connectivity index (χ2v) is 4.59. The molecule has 0 spiro atoms. The molecular weight excluding hydrogens is 208 g/mol. The van der Waals surface area contributed by atoms with E-state index in [4.69, 9.17) is 4.74 Å². The van der Waals surface area contributed by atoms with Gasteiger partial charge in [-0.2, -0.15) is 0 Å². The molecule has 2 rings (SSSR count). The minimum atomic E-state index is -0.142. The van der Waals surface area contributed by atoms with Gasteiger partial charge in [0, 0.05) is 6.54 Å². The largest absolute Gasteiger partial charge is 0.394 e. The van der Waals surface area contributed by atoms with Crippen LogP contribution >= 0.6 is 0 Å². The lowest BCUT2D eigenvalue weighted by molar-refractivity contribution is -0.151. The molecule has 0 bridgehead atoms. The Hall–Kier alpha value is -0.650. The molecule has 0 radical (unpaired) electrons. The molecule has 1 unspecified atom stereocenters. The molecule has 16 heavy (non-hydrogen) atoms. The second kappa shape index (κ2) is 5.61. The number of ether oxygens (including phenoxy) is 1. The summed E-state index contributed by atoms with van der Waals surface area (Å²) in [5.41, 5.74) is 0. The molecule has 0 aromatic heterocycles. The number of hydrogen-bond donors (Lipinski definition) is 2. The number of carbonyl (C=O) groups excluding carboxylic acids is 1. The number of morpholine rings is 1. The third-order valence-corrected chi connectivity index (χ3v) is 3.42. The summed E-state index contributed by atoms with van der Waals surface area (Å²) in [6, 6.07) is -0.142. The van der Waals surface area contributed by atoms with E-state index in [0.29, 0.717) is 12.5 Å². The summed E-state index contributed by atoms with van der Waals surface area (Å²) in [6.07, 6.45) is 2.23. The monoisotopic (exact) mass is 228 g/mol. The molecule has 2 saturated heterocycles. The molecule has 2 heterocycles. The van der Waals surface area contributed by atoms with Crippen molar-refractivity contribution in [2.24, 2.45) is 5.92 Å². The standard InChI is InChI=1S/C11H20N2O3/c14-6-10-7-16-8-11(15)13(10)5-9-1-3-12-4-2-9/h9-10,12,14H,1-8H2. The fraction of sp³-hybridized carbons (Fsp3) is 0.909. The van der Waals surface area contributed by atoms with E-state index in [2.05, 4.69) is 5.32 Å². The molecule has 0 aromatic carbocycles. The first-order chi connectivity index (χ1) is 7.81. The normalized spacial score (nSPS) is 28.4. The summed E-state index contributed by atoms with van der Waals surface area (Å²) < 4.78 is 5.14. The highest BCUT2D eigenvalue weighted by molar-refractivity contribution is 5.78. The maximum absolute atomic E-state index is 11.7. The van der Waals surface area contributed by atoms with E-state index >= 15 is 0 Å². The van der Waals surface area contributed by atoms with Gasteiger partial charge in [0.25, 0.3) is 0 Å². The predicted molar refractivity (Wildman–Crippen MR) is 59.0 cm³/mol. The first-order valence-electron chi connectivity index (χ1n) is 6.00. The van der Waals surface area contributed by atoms with E-state index in [1.807, 2.05) is 0 Å². The highest BCUT2D eigenvalue weighted by Gasteiger charge is 2.30. The zero-order chi connectivity index (χ0) is 11.4. The summed E-state index contributed by atoms with van der Waals surface area (Å²) in [6.45, 7) is 3.47. The molecule has 0 aliphatic carbocycles. The van der Waals surface area contributed by atoms with Crippen LogP contribution in [0.3, 0.4) is 0 Å². The molecular formula is C11H20N2O3. The van der Waals surface area contributed by atoms with Crippen molar-refractivity contribution in [2.45, 2.75) is 18.9 Å². The van der Waals surface area contributed by atoms with Crippen molar-refractivity contribution in [3.63, 3.8) is 0 Å².